The Morgan fingerprint density at radius 2 is 2.27 bits per heavy atom. The Kier molecular flexibility index (Phi) is 2.00. The number of rotatable bonds is 4. The molecule has 4 nitrogen and oxygen atoms in total. The molecule has 0 bridgehead atoms. The van der Waals surface area contributed by atoms with Crippen LogP contribution in [0.25, 0.3) is 0 Å². The van der Waals surface area contributed by atoms with Crippen molar-refractivity contribution in [2.75, 3.05) is 27.6 Å². The summed E-state index contributed by atoms with van der Waals surface area (Å²) in [5, 5.41) is 17.6. The Hall–Kier alpha value is -0.610. The van der Waals surface area contributed by atoms with E-state index in [0.29, 0.717) is 0 Å². The minimum Gasteiger partial charge on any atom is -0.481 e. The first-order valence-corrected chi connectivity index (χ1v) is 3.29. The van der Waals surface area contributed by atoms with Crippen molar-refractivity contribution in [1.29, 1.82) is 0 Å². The van der Waals surface area contributed by atoms with Gasteiger partial charge in [-0.1, -0.05) is 0 Å². The first kappa shape index (κ1) is 5.97. The topological polar surface area (TPSA) is 57.5 Å². The number of hydrogen-bond donors (Lipinski definition) is 2. The highest BCUT2D eigenvalue weighted by Gasteiger charge is 2.17. The maximum absolute atomic E-state index is 10.2. The SMILES string of the molecule is [2H][13C]([2H])([2H])[N+](C)(C)C[C@H](O)CC(=O)O. The van der Waals surface area contributed by atoms with Crippen molar-refractivity contribution in [3.8, 4) is 0 Å². The number of quaternary nitrogens is 1. The molecule has 0 aliphatic carbocycles. The van der Waals surface area contributed by atoms with E-state index in [-0.39, 0.29) is 6.54 Å². The average Bonchev–Trinajstić information content (AvgIpc) is 1.79. The molecule has 0 aromatic heterocycles. The molecule has 0 radical (unpaired) electrons. The lowest BCUT2D eigenvalue weighted by Gasteiger charge is -2.25. The predicted molar refractivity (Wildman–Crippen MR) is 41.2 cm³/mol. The number of aliphatic carboxylic acids is 1. The summed E-state index contributed by atoms with van der Waals surface area (Å²) in [6, 6.07) is 0. The maximum Gasteiger partial charge on any atom is 0.306 e. The molecule has 0 saturated carbocycles. The van der Waals surface area contributed by atoms with Crippen LogP contribution in [0.4, 0.5) is 0 Å². The maximum atomic E-state index is 10.2. The van der Waals surface area contributed by atoms with Crippen molar-refractivity contribution >= 4 is 5.97 Å². The van der Waals surface area contributed by atoms with Crippen LogP contribution in [0.1, 0.15) is 10.5 Å². The van der Waals surface area contributed by atoms with Gasteiger partial charge in [0.15, 0.2) is 0 Å². The number of aliphatic hydroxyl groups excluding tert-OH is 1. The minimum atomic E-state index is -2.25. The van der Waals surface area contributed by atoms with E-state index in [9.17, 15) is 9.90 Å². The van der Waals surface area contributed by atoms with Gasteiger partial charge in [0.1, 0.15) is 12.6 Å². The summed E-state index contributed by atoms with van der Waals surface area (Å²) in [6.07, 6.45) is -1.57. The Morgan fingerprint density at radius 3 is 2.64 bits per heavy atom. The molecule has 1 atom stereocenters. The highest BCUT2D eigenvalue weighted by atomic mass is 16.4. The molecule has 0 heterocycles. The van der Waals surface area contributed by atoms with Gasteiger partial charge in [-0.15, -0.1) is 0 Å². The Morgan fingerprint density at radius 1 is 1.73 bits per heavy atom. The van der Waals surface area contributed by atoms with Crippen molar-refractivity contribution < 1.29 is 23.6 Å². The standard InChI is InChI=1S/C7H15NO3/c1-8(2,3)5-6(9)4-7(10)11/h6,9H,4-5H2,1-3H3/p+1/t6-/m1/s1/i1+1D3. The minimum absolute atomic E-state index is 0.108. The number of carboxylic acids is 1. The molecular formula is C7H16NO3+. The van der Waals surface area contributed by atoms with Gasteiger partial charge in [0, 0.05) is 0 Å². The van der Waals surface area contributed by atoms with Crippen LogP contribution in [0.3, 0.4) is 0 Å². The van der Waals surface area contributed by atoms with Crippen LogP contribution in [0.5, 0.6) is 0 Å². The van der Waals surface area contributed by atoms with E-state index < -0.39 is 30.0 Å². The third-order valence-electron chi connectivity index (χ3n) is 1.08. The molecule has 0 unspecified atom stereocenters. The second-order valence-electron chi connectivity index (χ2n) is 3.12. The van der Waals surface area contributed by atoms with Crippen LogP contribution in [-0.4, -0.2) is 54.4 Å². The van der Waals surface area contributed by atoms with Crippen molar-refractivity contribution in [3.05, 3.63) is 0 Å². The van der Waals surface area contributed by atoms with Gasteiger partial charge in [0.2, 0.25) is 0 Å². The largest absolute Gasteiger partial charge is 0.481 e. The van der Waals surface area contributed by atoms with Gasteiger partial charge >= 0.3 is 5.97 Å². The van der Waals surface area contributed by atoms with Crippen molar-refractivity contribution in [2.45, 2.75) is 12.5 Å². The molecule has 2 N–H and O–H groups in total. The van der Waals surface area contributed by atoms with E-state index in [1.54, 1.807) is 0 Å². The fourth-order valence-electron chi connectivity index (χ4n) is 0.793. The van der Waals surface area contributed by atoms with E-state index in [2.05, 4.69) is 0 Å². The highest BCUT2D eigenvalue weighted by molar-refractivity contribution is 5.67. The summed E-state index contributed by atoms with van der Waals surface area (Å²) in [6.45, 7) is -2.36. The van der Waals surface area contributed by atoms with Crippen LogP contribution >= 0.6 is 0 Å². The molecule has 4 heteroatoms. The summed E-state index contributed by atoms with van der Waals surface area (Å²) >= 11 is 0. The monoisotopic (exact) mass is 166 g/mol. The third kappa shape index (κ3) is 7.29. The average molecular weight is 166 g/mol. The molecule has 0 aromatic rings. The number of nitrogens with zero attached hydrogens (tertiary/aromatic N) is 1. The Labute approximate surface area is 70.9 Å². The molecule has 0 saturated heterocycles. The van der Waals surface area contributed by atoms with Gasteiger partial charge in [-0.25, -0.2) is 0 Å². The van der Waals surface area contributed by atoms with E-state index in [1.807, 2.05) is 0 Å². The zero-order valence-electron chi connectivity index (χ0n) is 9.74. The molecule has 0 aliphatic rings. The molecule has 0 aliphatic heterocycles. The number of hydrogen-bond acceptors (Lipinski definition) is 2. The molecule has 0 spiro atoms. The summed E-state index contributed by atoms with van der Waals surface area (Å²) in [5.74, 6) is -1.14. The van der Waals surface area contributed by atoms with Crippen LogP contribution in [-0.2, 0) is 4.79 Å². The van der Waals surface area contributed by atoms with Gasteiger partial charge in [-0.05, 0) is 0 Å². The van der Waals surface area contributed by atoms with Gasteiger partial charge in [-0.2, -0.15) is 0 Å². The number of carboxylic acid groups (broad SMARTS) is 1. The lowest BCUT2D eigenvalue weighted by atomic mass is 10.2. The molecule has 0 fully saturated rings. The summed E-state index contributed by atoms with van der Waals surface area (Å²) in [4.78, 5) is 10.2. The Balaban J connectivity index is 4.29. The predicted octanol–water partition coefficient (Wildman–Crippen LogP) is -0.472. The van der Waals surface area contributed by atoms with Gasteiger partial charge in [0.25, 0.3) is 0 Å². The molecule has 0 amide bonds. The lowest BCUT2D eigenvalue weighted by molar-refractivity contribution is -0.873. The Bertz CT molecular complexity index is 215. The van der Waals surface area contributed by atoms with E-state index in [1.165, 1.54) is 14.1 Å². The zero-order chi connectivity index (χ0) is 11.6. The van der Waals surface area contributed by atoms with Crippen LogP contribution < -0.4 is 0 Å². The van der Waals surface area contributed by atoms with Gasteiger partial charge in [0.05, 0.1) is 31.6 Å². The molecule has 66 valence electrons. The van der Waals surface area contributed by atoms with Crippen molar-refractivity contribution in [1.82, 2.24) is 0 Å². The first-order chi connectivity index (χ1) is 6.06. The van der Waals surface area contributed by atoms with E-state index in [0.717, 1.165) is 0 Å². The quantitative estimate of drug-likeness (QED) is 0.438. The van der Waals surface area contributed by atoms with Crippen molar-refractivity contribution in [2.24, 2.45) is 0 Å². The fraction of sp³-hybridized carbons (Fsp3) is 0.857. The fourth-order valence-corrected chi connectivity index (χ4v) is 0.793. The summed E-state index contributed by atoms with van der Waals surface area (Å²) in [5.41, 5.74) is 0. The van der Waals surface area contributed by atoms with Crippen LogP contribution in [0, 0.1) is 0 Å². The summed E-state index contributed by atoms with van der Waals surface area (Å²) < 4.78 is 21.1. The molecule has 11 heavy (non-hydrogen) atoms. The normalized spacial score (nSPS) is 19.7. The van der Waals surface area contributed by atoms with Gasteiger partial charge in [-0.3, -0.25) is 4.79 Å². The number of likely N-dealkylation sites (N-methyl/N-ethyl adjacent to an activating group) is 1. The zero-order valence-corrected chi connectivity index (χ0v) is 6.74. The second-order valence-corrected chi connectivity index (χ2v) is 3.12. The summed E-state index contributed by atoms with van der Waals surface area (Å²) in [7, 11) is 2.86. The first-order valence-electron chi connectivity index (χ1n) is 4.79. The van der Waals surface area contributed by atoms with E-state index >= 15 is 0 Å². The molecule has 0 aromatic carbocycles. The van der Waals surface area contributed by atoms with Crippen LogP contribution in [0.2, 0.25) is 0 Å². The number of aliphatic hydroxyl groups is 1. The smallest absolute Gasteiger partial charge is 0.306 e. The van der Waals surface area contributed by atoms with Crippen LogP contribution in [0.15, 0.2) is 0 Å². The molecular weight excluding hydrogens is 147 g/mol. The lowest BCUT2D eigenvalue weighted by Crippen LogP contribution is -2.42. The third-order valence-corrected chi connectivity index (χ3v) is 1.08. The van der Waals surface area contributed by atoms with E-state index in [4.69, 9.17) is 9.22 Å². The molecule has 0 rings (SSSR count). The van der Waals surface area contributed by atoms with Gasteiger partial charge < -0.3 is 14.7 Å². The number of carbonyl (C=O) groups is 1. The highest BCUT2D eigenvalue weighted by Crippen LogP contribution is 1.98. The van der Waals surface area contributed by atoms with Crippen molar-refractivity contribution in [3.63, 3.8) is 0 Å². The second kappa shape index (κ2) is 3.69.